The van der Waals surface area contributed by atoms with Gasteiger partial charge in [-0.25, -0.2) is 15.0 Å². The van der Waals surface area contributed by atoms with Crippen molar-refractivity contribution in [3.8, 4) is 5.75 Å². The predicted molar refractivity (Wildman–Crippen MR) is 592 cm³/mol. The highest BCUT2D eigenvalue weighted by Crippen LogP contribution is 2.38. The number of aromatic amines is 1. The molecule has 1 fully saturated rings. The summed E-state index contributed by atoms with van der Waals surface area (Å²) in [5.41, 5.74) is 18.0. The van der Waals surface area contributed by atoms with Crippen LogP contribution in [-0.4, -0.2) is 164 Å². The molecule has 0 spiro atoms. The quantitative estimate of drug-likeness (QED) is 0.0695. The number of rotatable bonds is 0. The number of hydrazine groups is 1. The maximum absolute atomic E-state index is 11.2. The molecule has 1 amide bonds. The number of hydrogen-bond donors (Lipinski definition) is 7. The van der Waals surface area contributed by atoms with Crippen molar-refractivity contribution in [1.29, 1.82) is 0 Å². The Bertz CT molecular complexity index is 4860. The van der Waals surface area contributed by atoms with Crippen LogP contribution in [0.2, 0.25) is 39.4 Å². The predicted octanol–water partition coefficient (Wildman–Crippen LogP) is 23.2. The Morgan fingerprint density at radius 2 is 1.11 bits per heavy atom. The zero-order valence-electron chi connectivity index (χ0n) is 93.7. The van der Waals surface area contributed by atoms with E-state index in [1.54, 1.807) is 18.7 Å². The molecule has 1 aliphatic carbocycles. The molecule has 9 aliphatic heterocycles. The van der Waals surface area contributed by atoms with E-state index in [0.717, 1.165) is 96.8 Å². The van der Waals surface area contributed by atoms with Gasteiger partial charge in [-0.1, -0.05) is 321 Å². The molecular formula is C110H186B6N12O11. The first-order valence-corrected chi connectivity index (χ1v) is 50.2. The van der Waals surface area contributed by atoms with E-state index in [1.165, 1.54) is 58.2 Å². The summed E-state index contributed by atoms with van der Waals surface area (Å²) in [7, 11) is -0.667. The Hall–Kier alpha value is -8.32. The van der Waals surface area contributed by atoms with Gasteiger partial charge in [-0.3, -0.25) is 34.3 Å². The number of carbonyl (C=O) groups is 2. The molecule has 770 valence electrons. The molecule has 1 saturated heterocycles. The number of nitrogens with one attached hydrogen (secondary N) is 3. The summed E-state index contributed by atoms with van der Waals surface area (Å²) < 4.78 is 28.9. The van der Waals surface area contributed by atoms with E-state index in [4.69, 9.17) is 23.0 Å². The fourth-order valence-corrected chi connectivity index (χ4v) is 15.2. The number of Topliss-reactive ketones (excluding diaryl/α,β-unsaturated/α-hetero) is 1. The number of hydrogen-bond acceptors (Lipinski definition) is 20. The number of ketones is 1. The second-order valence-electron chi connectivity index (χ2n) is 50.9. The normalized spacial score (nSPS) is 17.2. The third kappa shape index (κ3) is 43.8. The van der Waals surface area contributed by atoms with Gasteiger partial charge in [0.05, 0.1) is 23.9 Å². The molecule has 29 heteroatoms. The summed E-state index contributed by atoms with van der Waals surface area (Å²) in [6.45, 7) is 92.0. The number of aliphatic hydroxyl groups is 1. The fraction of sp³-hybridized carbons (Fsp3) is 0.645. The van der Waals surface area contributed by atoms with E-state index < -0.39 is 7.12 Å². The number of nitrogens with zero attached hydrogens (tertiary/aromatic N) is 9. The topological polar surface area (TPSA) is 302 Å². The van der Waals surface area contributed by atoms with E-state index in [1.807, 2.05) is 83.8 Å². The van der Waals surface area contributed by atoms with Gasteiger partial charge in [-0.15, -0.1) is 0 Å². The maximum atomic E-state index is 11.2. The first kappa shape index (κ1) is 125. The Kier molecular flexibility index (Phi) is 46.9. The van der Waals surface area contributed by atoms with E-state index in [-0.39, 0.29) is 105 Å². The van der Waals surface area contributed by atoms with E-state index in [0.29, 0.717) is 62.7 Å². The molecule has 23 nitrogen and oxygen atoms in total. The van der Waals surface area contributed by atoms with Crippen molar-refractivity contribution < 1.29 is 52.8 Å². The van der Waals surface area contributed by atoms with Gasteiger partial charge in [-0.2, -0.15) is 10.2 Å². The van der Waals surface area contributed by atoms with Gasteiger partial charge in [0.1, 0.15) is 36.5 Å². The lowest BCUT2D eigenvalue weighted by molar-refractivity contribution is -0.118. The van der Waals surface area contributed by atoms with Crippen molar-refractivity contribution in [3.63, 3.8) is 0 Å². The summed E-state index contributed by atoms with van der Waals surface area (Å²) in [4.78, 5) is 42.5. The van der Waals surface area contributed by atoms with E-state index in [9.17, 15) is 29.8 Å². The van der Waals surface area contributed by atoms with Crippen molar-refractivity contribution in [1.82, 2.24) is 45.7 Å². The molecule has 1 atom stereocenters. The summed E-state index contributed by atoms with van der Waals surface area (Å²) in [5.74, 6) is 4.93. The van der Waals surface area contributed by atoms with Crippen molar-refractivity contribution in [2.45, 2.75) is 406 Å². The highest BCUT2D eigenvalue weighted by Gasteiger charge is 2.38. The number of aliphatic imine (C=N–C) groups is 3. The van der Waals surface area contributed by atoms with E-state index >= 15 is 0 Å². The minimum absolute atomic E-state index is 0. The van der Waals surface area contributed by atoms with Crippen LogP contribution in [0.3, 0.4) is 0 Å². The molecule has 1 unspecified atom stereocenters. The number of carbonyl (C=O) groups excluding carboxylic acids is 2. The molecule has 6 aromatic rings. The Morgan fingerprint density at radius 3 is 1.43 bits per heavy atom. The van der Waals surface area contributed by atoms with Crippen LogP contribution in [0.15, 0.2) is 159 Å². The van der Waals surface area contributed by atoms with Crippen LogP contribution >= 0.6 is 0 Å². The number of benzene rings is 3. The zero-order valence-corrected chi connectivity index (χ0v) is 93.7. The zero-order chi connectivity index (χ0) is 105. The third-order valence-electron chi connectivity index (χ3n) is 23.8. The first-order chi connectivity index (χ1) is 62.9. The molecule has 0 bridgehead atoms. The molecule has 139 heavy (non-hydrogen) atoms. The lowest BCUT2D eigenvalue weighted by atomic mass is 9.62. The van der Waals surface area contributed by atoms with Crippen LogP contribution in [0.4, 0.5) is 0 Å². The highest BCUT2D eigenvalue weighted by atomic mass is 16.5. The van der Waals surface area contributed by atoms with Gasteiger partial charge in [-0.05, 0) is 183 Å². The summed E-state index contributed by atoms with van der Waals surface area (Å²) in [6.07, 6.45) is 29.3. The standard InChI is InChI=1S/3C12H17BO.C9H14O2.C8H17BO.C8H13N.C7H14BNO.C7H13BO2.C7H12N2O.C7H14N2.C7H12N2.C7H11NO.C6H11N3.CH4/c1-12(2,3)10-6-5-9-8-13(4)14-11(9)7-10;1-12(2,3)10-4-5-11-9(8-10)6-7-13(11)14;1-12(2,3)10-5-4-9-6-7-13(14)11(9)8-10;1-9(2,3)8-6(10)4-5-7(8)11;1-8(2,3)7-5-6-9(4)10-7;1-8(2,3)7-5-4-6-9-7;1-7(2,3)6-9-5-8(4)10-6;1-7(2,3)6-4-5-10-8(6)9;1-7(2,3)6-8-4-5(10)9-6;2*1-7(2,3)9-6-4-5-8-9;1-7(2,3)6-8-4-5-9-6;1-6(2,3)5-7-4-8-9-5;/h5-7H,8H2,1-4H3;2*4-5,8,14H,6-7H2,1-3H3;10H,4-5H2,1-3H3;7H,5-6H2,1-4H3;4,6H,5H2,1-3H3;5H2,1-4H3;4,9H,5H2,1-3H3;4H2,1-3H3,(H,8,9,10);4-5,8H,6H2,1-3H3;4-6H,1-3H3;4-5H,1-3H3;4H,1-3H3,(H,7,8,9);1H4. The minimum Gasteiger partial charge on any atom is -0.561 e. The van der Waals surface area contributed by atoms with Crippen LogP contribution in [0, 0.1) is 32.5 Å². The van der Waals surface area contributed by atoms with Gasteiger partial charge in [0.2, 0.25) is 5.91 Å². The van der Waals surface area contributed by atoms with Crippen LogP contribution in [-0.2, 0) is 75.3 Å². The second-order valence-corrected chi connectivity index (χ2v) is 50.9. The molecule has 0 radical (unpaired) electrons. The average molecular weight is 1920 g/mol. The van der Waals surface area contributed by atoms with Crippen molar-refractivity contribution in [2.24, 2.45) is 47.5 Å². The molecule has 0 saturated carbocycles. The summed E-state index contributed by atoms with van der Waals surface area (Å²) in [6, 6.07) is 21.6. The Labute approximate surface area is 845 Å². The molecule has 10 aliphatic rings. The highest BCUT2D eigenvalue weighted by molar-refractivity contribution is 6.68. The monoisotopic (exact) mass is 1920 g/mol. The number of oxazole rings is 1. The van der Waals surface area contributed by atoms with Crippen molar-refractivity contribution >= 4 is 81.8 Å². The fourth-order valence-electron chi connectivity index (χ4n) is 15.2. The summed E-state index contributed by atoms with van der Waals surface area (Å²) >= 11 is 0. The number of allylic oxidation sites excluding steroid dienone is 4. The van der Waals surface area contributed by atoms with Crippen molar-refractivity contribution in [3.05, 3.63) is 184 Å². The lowest BCUT2D eigenvalue weighted by Gasteiger charge is -2.31. The van der Waals surface area contributed by atoms with Crippen molar-refractivity contribution in [2.75, 3.05) is 26.1 Å². The number of aryl methyl sites for hydroxylation is 2. The molecule has 3 aromatic carbocycles. The largest absolute Gasteiger partial charge is 0.561 e. The first-order valence-electron chi connectivity index (χ1n) is 50.2. The number of aromatic nitrogens is 6. The average Bonchev–Trinajstić information content (AvgIpc) is 1.68. The number of amides is 1. The SMILES string of the molecule is C.CB1CCC(C(C)(C)C)O1.CB1CN=C(C(C)(C)C)O1.CB1Cc2ccc(C(C)(C)C)cc2O1.CC(C)(C)C1=C(O)CCC1=O.CC(C)(C)C1=CCOB1O.CC(C)(C)C1=NC=CC1.CC(C)(C)C1=NCC(=O)N1.CC(C)(C)N1CC=CN1.CC(C)(C)c1ccc2c(c1)B(O)CC2.CC(C)(C)c1ccc2c(c1)CCB2O.CC(C)(C)c1ncco1.CC(C)(C)c1ncn[nH]1.CC(C)(C)n1cccn1. The maximum Gasteiger partial charge on any atom is 0.487 e. The minimum atomic E-state index is -0.667. The van der Waals surface area contributed by atoms with Gasteiger partial charge >= 0.3 is 34.8 Å². The summed E-state index contributed by atoms with van der Waals surface area (Å²) in [5, 5.41) is 53.6. The Morgan fingerprint density at radius 1 is 0.532 bits per heavy atom. The smallest absolute Gasteiger partial charge is 0.487 e. The number of fused-ring (bicyclic) bond motifs is 3. The van der Waals surface area contributed by atoms with Gasteiger partial charge in [0.15, 0.2) is 17.6 Å². The van der Waals surface area contributed by atoms with Gasteiger partial charge in [0.25, 0.3) is 6.92 Å². The van der Waals surface area contributed by atoms with Gasteiger partial charge in [0, 0.05) is 107 Å². The number of amidine groups is 1. The third-order valence-corrected chi connectivity index (χ3v) is 23.8. The second kappa shape index (κ2) is 52.3. The van der Waals surface area contributed by atoms with Gasteiger partial charge < -0.3 is 54.0 Å². The van der Waals surface area contributed by atoms with Crippen LogP contribution < -0.4 is 26.3 Å². The number of H-pyrrole nitrogens is 1. The van der Waals surface area contributed by atoms with Crippen LogP contribution in [0.25, 0.3) is 0 Å². The molecule has 3 aromatic heterocycles. The van der Waals surface area contributed by atoms with Crippen LogP contribution in [0.5, 0.6) is 5.75 Å². The Balaban J connectivity index is 0.000000389. The molecule has 16 rings (SSSR count). The molecule has 12 heterocycles. The van der Waals surface area contributed by atoms with Crippen LogP contribution in [0.1, 0.15) is 348 Å². The van der Waals surface area contributed by atoms with E-state index in [2.05, 4.69) is 365 Å². The molecule has 7 N–H and O–H groups in total. The molecular weight excluding hydrogens is 1730 g/mol. The number of aliphatic hydroxyl groups excluding tert-OH is 1. The lowest BCUT2D eigenvalue weighted by Crippen LogP contribution is -2.45.